The van der Waals surface area contributed by atoms with Crippen LogP contribution in [-0.2, 0) is 0 Å². The van der Waals surface area contributed by atoms with Gasteiger partial charge in [-0.3, -0.25) is 0 Å². The summed E-state index contributed by atoms with van der Waals surface area (Å²) in [6.07, 6.45) is 4.88. The summed E-state index contributed by atoms with van der Waals surface area (Å²) in [5, 5.41) is 0. The van der Waals surface area contributed by atoms with E-state index in [4.69, 9.17) is 4.74 Å². The maximum atomic E-state index is 5.55. The van der Waals surface area contributed by atoms with E-state index in [1.54, 1.807) is 18.2 Å². The molecule has 0 N–H and O–H groups in total. The first-order chi connectivity index (χ1) is 7.92. The van der Waals surface area contributed by atoms with Crippen LogP contribution in [0.4, 0.5) is 0 Å². The molecule has 80 valence electrons. The first kappa shape index (κ1) is 7.94. The summed E-state index contributed by atoms with van der Waals surface area (Å²) >= 11 is 0. The molecule has 6 atom stereocenters. The van der Waals surface area contributed by atoms with Crippen molar-refractivity contribution in [3.8, 4) is 5.75 Å². The molecule has 0 aliphatic heterocycles. The van der Waals surface area contributed by atoms with Crippen LogP contribution in [0.5, 0.6) is 5.75 Å². The maximum absolute atomic E-state index is 5.55. The molecular weight excluding hydrogens is 196 g/mol. The number of ether oxygens (including phenoxy) is 1. The van der Waals surface area contributed by atoms with Crippen molar-refractivity contribution in [3.63, 3.8) is 0 Å². The van der Waals surface area contributed by atoms with Crippen LogP contribution >= 0.6 is 0 Å². The van der Waals surface area contributed by atoms with Crippen LogP contribution in [0.1, 0.15) is 23.0 Å². The lowest BCUT2D eigenvalue weighted by Crippen LogP contribution is -2.19. The van der Waals surface area contributed by atoms with E-state index in [0.717, 1.165) is 41.3 Å². The standard InChI is InChI=1S/C15H14O/c1-16-10-4-2-3-9-11-7-5-6-8(7)13-14(11)15(13)12(9)10/h2-8,11,13-15H,1H3/t7-,8-,11+,13-,14-,15+/m0/s1. The molecule has 0 aromatic heterocycles. The second kappa shape index (κ2) is 2.22. The zero-order chi connectivity index (χ0) is 10.4. The van der Waals surface area contributed by atoms with Gasteiger partial charge in [0.05, 0.1) is 7.11 Å². The number of allylic oxidation sites excluding steroid dienone is 2. The Hall–Kier alpha value is -1.24. The molecular formula is C15H14O. The van der Waals surface area contributed by atoms with E-state index in [-0.39, 0.29) is 0 Å². The van der Waals surface area contributed by atoms with E-state index in [1.807, 2.05) is 0 Å². The van der Waals surface area contributed by atoms with Crippen molar-refractivity contribution in [1.82, 2.24) is 0 Å². The Morgan fingerprint density at radius 3 is 2.62 bits per heavy atom. The zero-order valence-corrected chi connectivity index (χ0v) is 9.26. The Morgan fingerprint density at radius 1 is 1.00 bits per heavy atom. The van der Waals surface area contributed by atoms with Gasteiger partial charge in [-0.1, -0.05) is 24.3 Å². The van der Waals surface area contributed by atoms with Gasteiger partial charge in [0.1, 0.15) is 5.75 Å². The number of methoxy groups -OCH3 is 1. The summed E-state index contributed by atoms with van der Waals surface area (Å²) < 4.78 is 5.55. The minimum Gasteiger partial charge on any atom is -0.496 e. The van der Waals surface area contributed by atoms with Crippen LogP contribution in [-0.4, -0.2) is 7.11 Å². The highest BCUT2D eigenvalue weighted by Crippen LogP contribution is 2.80. The predicted octanol–water partition coefficient (Wildman–Crippen LogP) is 2.94. The van der Waals surface area contributed by atoms with Gasteiger partial charge in [-0.25, -0.2) is 0 Å². The Labute approximate surface area is 95.1 Å². The molecule has 0 heterocycles. The Balaban J connectivity index is 1.77. The summed E-state index contributed by atoms with van der Waals surface area (Å²) in [4.78, 5) is 0. The third-order valence-electron chi connectivity index (χ3n) is 5.42. The minimum atomic E-state index is 0.829. The number of hydrogen-bond acceptors (Lipinski definition) is 1. The third kappa shape index (κ3) is 0.611. The third-order valence-corrected chi connectivity index (χ3v) is 5.42. The lowest BCUT2D eigenvalue weighted by molar-refractivity contribution is 0.393. The fourth-order valence-electron chi connectivity index (χ4n) is 4.87. The van der Waals surface area contributed by atoms with Crippen molar-refractivity contribution in [2.24, 2.45) is 23.7 Å². The van der Waals surface area contributed by atoms with Gasteiger partial charge in [0.2, 0.25) is 0 Å². The van der Waals surface area contributed by atoms with Crippen molar-refractivity contribution >= 4 is 0 Å². The minimum absolute atomic E-state index is 0.829. The molecule has 1 nitrogen and oxygen atoms in total. The van der Waals surface area contributed by atoms with E-state index in [1.165, 1.54) is 0 Å². The largest absolute Gasteiger partial charge is 0.496 e. The molecule has 1 aromatic carbocycles. The molecule has 0 spiro atoms. The topological polar surface area (TPSA) is 9.23 Å². The summed E-state index contributed by atoms with van der Waals surface area (Å²) in [7, 11) is 1.81. The van der Waals surface area contributed by atoms with Crippen LogP contribution in [0.2, 0.25) is 0 Å². The smallest absolute Gasteiger partial charge is 0.122 e. The molecule has 0 amide bonds. The molecule has 0 unspecified atom stereocenters. The van der Waals surface area contributed by atoms with Crippen molar-refractivity contribution < 1.29 is 4.74 Å². The lowest BCUT2D eigenvalue weighted by atomic mass is 9.76. The van der Waals surface area contributed by atoms with Crippen LogP contribution in [0.15, 0.2) is 30.4 Å². The normalized spacial score (nSPS) is 48.1. The van der Waals surface area contributed by atoms with Gasteiger partial charge >= 0.3 is 0 Å². The summed E-state index contributed by atoms with van der Waals surface area (Å²) in [6.45, 7) is 0. The average Bonchev–Trinajstić information content (AvgIpc) is 2.80. The van der Waals surface area contributed by atoms with Crippen molar-refractivity contribution in [1.29, 1.82) is 0 Å². The van der Waals surface area contributed by atoms with Crippen LogP contribution in [0, 0.1) is 23.7 Å². The van der Waals surface area contributed by atoms with Crippen LogP contribution in [0.3, 0.4) is 0 Å². The van der Waals surface area contributed by atoms with Gasteiger partial charge in [-0.05, 0) is 47.1 Å². The first-order valence-electron chi connectivity index (χ1n) is 6.27. The van der Waals surface area contributed by atoms with Crippen LogP contribution in [0.25, 0.3) is 0 Å². The summed E-state index contributed by atoms with van der Waals surface area (Å²) in [6, 6.07) is 6.63. The molecule has 16 heavy (non-hydrogen) atoms. The molecule has 2 saturated carbocycles. The highest BCUT2D eigenvalue weighted by molar-refractivity contribution is 5.59. The van der Waals surface area contributed by atoms with Gasteiger partial charge in [-0.15, -0.1) is 0 Å². The van der Waals surface area contributed by atoms with Gasteiger partial charge < -0.3 is 4.74 Å². The van der Waals surface area contributed by atoms with E-state index in [9.17, 15) is 0 Å². The molecule has 0 bridgehead atoms. The quantitative estimate of drug-likeness (QED) is 0.647. The molecule has 0 radical (unpaired) electrons. The monoisotopic (exact) mass is 210 g/mol. The number of fused-ring (bicyclic) bond motifs is 7. The number of hydrogen-bond donors (Lipinski definition) is 0. The van der Waals surface area contributed by atoms with Gasteiger partial charge in [-0.2, -0.15) is 0 Å². The van der Waals surface area contributed by atoms with E-state index < -0.39 is 0 Å². The fourth-order valence-corrected chi connectivity index (χ4v) is 4.87. The Morgan fingerprint density at radius 2 is 1.88 bits per heavy atom. The SMILES string of the molecule is COc1cccc2c1[C@H]1[C@H]3[C@@H]2[C@H]2C=C[C@@H]2[C@H]13. The molecule has 1 heteroatoms. The molecule has 0 saturated heterocycles. The van der Waals surface area contributed by atoms with Gasteiger partial charge in [0.15, 0.2) is 0 Å². The summed E-state index contributed by atoms with van der Waals surface area (Å²) in [5.74, 6) is 6.48. The van der Waals surface area contributed by atoms with Gasteiger partial charge in [0.25, 0.3) is 0 Å². The highest BCUT2D eigenvalue weighted by atomic mass is 16.5. The predicted molar refractivity (Wildman–Crippen MR) is 61.6 cm³/mol. The second-order valence-electron chi connectivity index (χ2n) is 5.71. The van der Waals surface area contributed by atoms with Crippen molar-refractivity contribution in [2.45, 2.75) is 11.8 Å². The molecule has 2 fully saturated rings. The van der Waals surface area contributed by atoms with Crippen molar-refractivity contribution in [3.05, 3.63) is 41.5 Å². The van der Waals surface area contributed by atoms with Crippen LogP contribution < -0.4 is 4.74 Å². The second-order valence-corrected chi connectivity index (χ2v) is 5.71. The van der Waals surface area contributed by atoms with Gasteiger partial charge in [0, 0.05) is 5.56 Å². The molecule has 1 aromatic rings. The fraction of sp³-hybridized carbons (Fsp3) is 0.467. The highest BCUT2D eigenvalue weighted by Gasteiger charge is 2.72. The lowest BCUT2D eigenvalue weighted by Gasteiger charge is -2.28. The number of rotatable bonds is 1. The summed E-state index contributed by atoms with van der Waals surface area (Å²) in [5.41, 5.74) is 3.16. The Kier molecular flexibility index (Phi) is 1.10. The molecule has 4 aliphatic rings. The first-order valence-corrected chi connectivity index (χ1v) is 6.27. The molecule has 5 rings (SSSR count). The van der Waals surface area contributed by atoms with E-state index in [0.29, 0.717) is 0 Å². The zero-order valence-electron chi connectivity index (χ0n) is 9.26. The van der Waals surface area contributed by atoms with E-state index in [2.05, 4.69) is 30.4 Å². The molecule has 4 aliphatic carbocycles. The maximum Gasteiger partial charge on any atom is 0.122 e. The average molecular weight is 210 g/mol. The van der Waals surface area contributed by atoms with Crippen molar-refractivity contribution in [2.75, 3.05) is 7.11 Å². The van der Waals surface area contributed by atoms with E-state index >= 15 is 0 Å². The number of benzene rings is 1. The Bertz CT molecular complexity index is 530.